The molecule has 6 nitrogen and oxygen atoms in total. The lowest BCUT2D eigenvalue weighted by molar-refractivity contribution is -0.134. The summed E-state index contributed by atoms with van der Waals surface area (Å²) in [6.45, 7) is 0. The Bertz CT molecular complexity index is 994. The topological polar surface area (TPSA) is 88.0 Å². The van der Waals surface area contributed by atoms with E-state index in [-0.39, 0.29) is 11.8 Å². The molecule has 1 aliphatic carbocycles. The molecule has 0 bridgehead atoms. The molecule has 2 aliphatic rings. The van der Waals surface area contributed by atoms with Crippen LogP contribution in [0.2, 0.25) is 0 Å². The van der Waals surface area contributed by atoms with Crippen LogP contribution < -0.4 is 5.32 Å². The van der Waals surface area contributed by atoms with E-state index in [4.69, 9.17) is 4.52 Å². The molecule has 2 amide bonds. The van der Waals surface area contributed by atoms with Crippen molar-refractivity contribution < 1.29 is 14.1 Å². The lowest BCUT2D eigenvalue weighted by atomic mass is 9.89. The molecule has 5 rings (SSSR count). The molecule has 1 atom stereocenters. The quantitative estimate of drug-likeness (QED) is 0.701. The van der Waals surface area contributed by atoms with Crippen LogP contribution in [0.25, 0.3) is 21.9 Å². The number of amides is 2. The van der Waals surface area contributed by atoms with Gasteiger partial charge in [-0.25, -0.2) is 5.16 Å². The minimum absolute atomic E-state index is 0.210. The van der Waals surface area contributed by atoms with Gasteiger partial charge in [-0.15, -0.1) is 0 Å². The predicted molar refractivity (Wildman–Crippen MR) is 92.2 cm³/mol. The lowest BCUT2D eigenvalue weighted by Crippen LogP contribution is -2.39. The van der Waals surface area contributed by atoms with Crippen LogP contribution >= 0.6 is 0 Å². The Morgan fingerprint density at radius 1 is 1.16 bits per heavy atom. The van der Waals surface area contributed by atoms with Crippen molar-refractivity contribution in [3.05, 3.63) is 29.6 Å². The van der Waals surface area contributed by atoms with E-state index >= 15 is 0 Å². The second-order valence-corrected chi connectivity index (χ2v) is 7.15. The van der Waals surface area contributed by atoms with Crippen molar-refractivity contribution in [3.63, 3.8) is 0 Å². The highest BCUT2D eigenvalue weighted by atomic mass is 16.5. The maximum Gasteiger partial charge on any atom is 0.235 e. The van der Waals surface area contributed by atoms with E-state index in [0.717, 1.165) is 27.6 Å². The molecular formula is C19H19N3O3. The molecule has 1 aliphatic heterocycles. The van der Waals surface area contributed by atoms with Crippen LogP contribution in [0.1, 0.15) is 61.6 Å². The predicted octanol–water partition coefficient (Wildman–Crippen LogP) is 3.49. The van der Waals surface area contributed by atoms with Gasteiger partial charge in [0.25, 0.3) is 0 Å². The van der Waals surface area contributed by atoms with Gasteiger partial charge in [0.05, 0.1) is 22.5 Å². The number of aromatic nitrogens is 2. The number of hydrogen-bond acceptors (Lipinski definition) is 4. The second-order valence-electron chi connectivity index (χ2n) is 7.15. The van der Waals surface area contributed by atoms with Gasteiger partial charge in [-0.2, -0.15) is 0 Å². The Hall–Kier alpha value is -2.63. The summed E-state index contributed by atoms with van der Waals surface area (Å²) in [5.41, 5.74) is 3.78. The Balaban J connectivity index is 1.69. The molecule has 1 saturated carbocycles. The third-order valence-electron chi connectivity index (χ3n) is 5.70. The summed E-state index contributed by atoms with van der Waals surface area (Å²) < 4.78 is 5.74. The van der Waals surface area contributed by atoms with Crippen LogP contribution in [0.5, 0.6) is 0 Å². The summed E-state index contributed by atoms with van der Waals surface area (Å²) in [6, 6.07) is 4.08. The van der Waals surface area contributed by atoms with Gasteiger partial charge in [0.1, 0.15) is 0 Å². The number of fused-ring (bicyclic) bond motifs is 3. The van der Waals surface area contributed by atoms with E-state index in [2.05, 4.69) is 21.5 Å². The first-order valence-corrected chi connectivity index (χ1v) is 8.94. The van der Waals surface area contributed by atoms with E-state index in [0.29, 0.717) is 18.8 Å². The largest absolute Gasteiger partial charge is 0.382 e. The van der Waals surface area contributed by atoms with Crippen LogP contribution in [0, 0.1) is 0 Å². The number of nitrogens with zero attached hydrogens (tertiary/aromatic N) is 1. The summed E-state index contributed by atoms with van der Waals surface area (Å²) in [7, 11) is 0. The van der Waals surface area contributed by atoms with Crippen LogP contribution in [0.15, 0.2) is 22.9 Å². The fraction of sp³-hybridized carbons (Fsp3) is 0.421. The van der Waals surface area contributed by atoms with Gasteiger partial charge in [-0.3, -0.25) is 19.9 Å². The van der Waals surface area contributed by atoms with E-state index in [1.165, 1.54) is 31.2 Å². The minimum atomic E-state index is -0.394. The average Bonchev–Trinajstić information content (AvgIpc) is 3.33. The Morgan fingerprint density at radius 2 is 2.00 bits per heavy atom. The SMILES string of the molecule is O=C1CCC(c2[nH]oc3cc(C4CCCC4)c4nccc4c23)C(=O)N1. The number of benzene rings is 1. The van der Waals surface area contributed by atoms with Crippen molar-refractivity contribution in [2.75, 3.05) is 0 Å². The number of hydrogen-bond donors (Lipinski definition) is 2. The molecule has 2 fully saturated rings. The fourth-order valence-corrected chi connectivity index (χ4v) is 4.46. The summed E-state index contributed by atoms with van der Waals surface area (Å²) in [5.74, 6) is -0.333. The van der Waals surface area contributed by atoms with Crippen molar-refractivity contribution >= 4 is 33.7 Å². The molecule has 2 aromatic heterocycles. The summed E-state index contributed by atoms with van der Waals surface area (Å²) in [6.07, 6.45) is 7.57. The average molecular weight is 337 g/mol. The minimum Gasteiger partial charge on any atom is -0.382 e. The van der Waals surface area contributed by atoms with Gasteiger partial charge in [-0.05, 0) is 42.9 Å². The number of imide groups is 1. The molecule has 1 saturated heterocycles. The molecular weight excluding hydrogens is 318 g/mol. The van der Waals surface area contributed by atoms with Gasteiger partial charge < -0.3 is 4.52 Å². The van der Waals surface area contributed by atoms with Crippen molar-refractivity contribution in [2.24, 2.45) is 0 Å². The van der Waals surface area contributed by atoms with Crippen LogP contribution in [-0.2, 0) is 9.59 Å². The van der Waals surface area contributed by atoms with Gasteiger partial charge in [0, 0.05) is 18.0 Å². The highest BCUT2D eigenvalue weighted by Crippen LogP contribution is 2.42. The van der Waals surface area contributed by atoms with Crippen molar-refractivity contribution in [3.8, 4) is 0 Å². The number of nitrogens with one attached hydrogen (secondary N) is 2. The number of H-pyrrole nitrogens is 1. The fourth-order valence-electron chi connectivity index (χ4n) is 4.46. The van der Waals surface area contributed by atoms with Crippen molar-refractivity contribution in [2.45, 2.75) is 50.4 Å². The van der Waals surface area contributed by atoms with E-state index in [9.17, 15) is 9.59 Å². The van der Waals surface area contributed by atoms with Crippen LogP contribution in [0.4, 0.5) is 0 Å². The summed E-state index contributed by atoms with van der Waals surface area (Å²) in [4.78, 5) is 28.3. The molecule has 3 heterocycles. The first-order chi connectivity index (χ1) is 12.2. The molecule has 25 heavy (non-hydrogen) atoms. The summed E-state index contributed by atoms with van der Waals surface area (Å²) in [5, 5.41) is 7.33. The zero-order valence-corrected chi connectivity index (χ0v) is 13.8. The molecule has 0 spiro atoms. The third-order valence-corrected chi connectivity index (χ3v) is 5.70. The monoisotopic (exact) mass is 337 g/mol. The van der Waals surface area contributed by atoms with E-state index in [1.807, 2.05) is 12.3 Å². The highest BCUT2D eigenvalue weighted by Gasteiger charge is 2.32. The number of rotatable bonds is 2. The Morgan fingerprint density at radius 3 is 2.80 bits per heavy atom. The van der Waals surface area contributed by atoms with Crippen molar-refractivity contribution in [1.82, 2.24) is 15.5 Å². The zero-order chi connectivity index (χ0) is 17.0. The smallest absolute Gasteiger partial charge is 0.235 e. The van der Waals surface area contributed by atoms with E-state index < -0.39 is 5.92 Å². The standard InChI is InChI=1S/C19H19N3O3/c23-15-6-5-12(19(24)21-15)18-16-11-7-8-20-17(11)13(9-14(16)25-22-18)10-3-1-2-4-10/h7-10,12,22H,1-6H2,(H,21,23,24). The lowest BCUT2D eigenvalue weighted by Gasteiger charge is -2.19. The number of piperidine rings is 1. The zero-order valence-electron chi connectivity index (χ0n) is 13.8. The Labute approximate surface area is 143 Å². The first kappa shape index (κ1) is 14.7. The maximum absolute atomic E-state index is 12.3. The maximum atomic E-state index is 12.3. The van der Waals surface area contributed by atoms with Crippen LogP contribution in [0.3, 0.4) is 0 Å². The van der Waals surface area contributed by atoms with Gasteiger partial charge in [0.2, 0.25) is 11.8 Å². The van der Waals surface area contributed by atoms with Gasteiger partial charge in [-0.1, -0.05) is 12.8 Å². The first-order valence-electron chi connectivity index (χ1n) is 8.94. The number of aromatic amines is 1. The van der Waals surface area contributed by atoms with E-state index in [1.54, 1.807) is 0 Å². The molecule has 2 N–H and O–H groups in total. The number of carbonyl (C=O) groups is 2. The molecule has 3 aromatic rings. The second kappa shape index (κ2) is 5.44. The summed E-state index contributed by atoms with van der Waals surface area (Å²) >= 11 is 0. The normalized spacial score (nSPS) is 22.2. The van der Waals surface area contributed by atoms with Crippen molar-refractivity contribution in [1.29, 1.82) is 0 Å². The third kappa shape index (κ3) is 2.20. The molecule has 6 heteroatoms. The molecule has 128 valence electrons. The van der Waals surface area contributed by atoms with Crippen LogP contribution in [-0.4, -0.2) is 22.0 Å². The van der Waals surface area contributed by atoms with Gasteiger partial charge >= 0.3 is 0 Å². The molecule has 1 aromatic carbocycles. The number of carbonyl (C=O) groups excluding carboxylic acids is 2. The Kier molecular flexibility index (Phi) is 3.20. The van der Waals surface area contributed by atoms with Gasteiger partial charge in [0.15, 0.2) is 5.58 Å². The molecule has 0 radical (unpaired) electrons. The molecule has 1 unspecified atom stereocenters. The highest BCUT2D eigenvalue weighted by molar-refractivity contribution is 6.10.